The highest BCUT2D eigenvalue weighted by Crippen LogP contribution is 2.25. The third kappa shape index (κ3) is 4.43. The summed E-state index contributed by atoms with van der Waals surface area (Å²) in [5.74, 6) is 0.864. The van der Waals surface area contributed by atoms with Crippen molar-refractivity contribution in [1.82, 2.24) is 0 Å². The molecule has 0 aliphatic heterocycles. The van der Waals surface area contributed by atoms with Crippen LogP contribution < -0.4 is 0 Å². The number of rotatable bonds is 5. The van der Waals surface area contributed by atoms with Crippen LogP contribution in [0.2, 0.25) is 5.02 Å². The van der Waals surface area contributed by atoms with Crippen molar-refractivity contribution < 1.29 is 9.00 Å². The Labute approximate surface area is 122 Å². The molecule has 0 aromatic heterocycles. The van der Waals surface area contributed by atoms with Gasteiger partial charge < -0.3 is 0 Å². The van der Waals surface area contributed by atoms with Gasteiger partial charge in [0, 0.05) is 21.7 Å². The molecule has 2 rings (SSSR count). The Kier molecular flexibility index (Phi) is 5.59. The first-order valence-corrected chi connectivity index (χ1v) is 8.64. The molecule has 1 aliphatic rings. The van der Waals surface area contributed by atoms with Gasteiger partial charge in [-0.1, -0.05) is 49.1 Å². The Hall–Kier alpha value is -0.670. The molecule has 0 amide bonds. The van der Waals surface area contributed by atoms with E-state index < -0.39 is 10.8 Å². The molecule has 0 saturated heterocycles. The number of halogens is 1. The predicted octanol–water partition coefficient (Wildman–Crippen LogP) is 3.74. The first-order valence-electron chi connectivity index (χ1n) is 6.78. The Morgan fingerprint density at radius 3 is 2.58 bits per heavy atom. The highest BCUT2D eigenvalue weighted by atomic mass is 35.5. The van der Waals surface area contributed by atoms with Gasteiger partial charge in [0.05, 0.1) is 11.5 Å². The molecule has 1 unspecified atom stereocenters. The zero-order valence-electron chi connectivity index (χ0n) is 10.9. The molecule has 0 heterocycles. The second-order valence-electron chi connectivity index (χ2n) is 5.12. The topological polar surface area (TPSA) is 34.1 Å². The summed E-state index contributed by atoms with van der Waals surface area (Å²) in [5, 5.41) is 0.626. The third-order valence-corrected chi connectivity index (χ3v) is 5.25. The van der Waals surface area contributed by atoms with E-state index in [-0.39, 0.29) is 17.5 Å². The zero-order chi connectivity index (χ0) is 13.7. The summed E-state index contributed by atoms with van der Waals surface area (Å²) in [7, 11) is -1.15. The summed E-state index contributed by atoms with van der Waals surface area (Å²) >= 11 is 6.03. The van der Waals surface area contributed by atoms with Crippen molar-refractivity contribution in [2.24, 2.45) is 5.92 Å². The van der Waals surface area contributed by atoms with Crippen LogP contribution in [0.5, 0.6) is 0 Å². The smallest absolute Gasteiger partial charge is 0.148 e. The average molecular weight is 299 g/mol. The summed E-state index contributed by atoms with van der Waals surface area (Å²) < 4.78 is 12.0. The number of carbonyl (C=O) groups excluding carboxylic acids is 1. The van der Waals surface area contributed by atoms with E-state index in [1.54, 1.807) is 6.07 Å². The van der Waals surface area contributed by atoms with Crippen LogP contribution in [0.4, 0.5) is 0 Å². The standard InChI is InChI=1S/C15H19ClO2S/c16-14-9-5-4-8-13(14)10-19(18)11-15(17)12-6-2-1-3-7-12/h4-5,8-9,12H,1-3,6-7,10-11H2. The van der Waals surface area contributed by atoms with E-state index in [1.165, 1.54) is 6.42 Å². The maximum absolute atomic E-state index is 12.1. The second kappa shape index (κ2) is 7.20. The molecule has 0 N–H and O–H groups in total. The van der Waals surface area contributed by atoms with E-state index in [1.807, 2.05) is 18.2 Å². The molecule has 1 atom stereocenters. The van der Waals surface area contributed by atoms with Crippen molar-refractivity contribution in [3.05, 3.63) is 34.9 Å². The highest BCUT2D eigenvalue weighted by Gasteiger charge is 2.22. The van der Waals surface area contributed by atoms with Crippen LogP contribution >= 0.6 is 11.6 Å². The van der Waals surface area contributed by atoms with Gasteiger partial charge in [-0.05, 0) is 24.5 Å². The lowest BCUT2D eigenvalue weighted by Crippen LogP contribution is -2.23. The summed E-state index contributed by atoms with van der Waals surface area (Å²) in [6.07, 6.45) is 5.44. The Bertz CT molecular complexity index is 467. The van der Waals surface area contributed by atoms with Crippen LogP contribution in [0.15, 0.2) is 24.3 Å². The van der Waals surface area contributed by atoms with E-state index in [4.69, 9.17) is 11.6 Å². The molecule has 0 spiro atoms. The number of Topliss-reactive ketones (excluding diaryl/α,β-unsaturated/α-hetero) is 1. The molecular weight excluding hydrogens is 280 g/mol. The first-order chi connectivity index (χ1) is 9.16. The van der Waals surface area contributed by atoms with Crippen LogP contribution in [0.25, 0.3) is 0 Å². The van der Waals surface area contributed by atoms with E-state index in [2.05, 4.69) is 0 Å². The lowest BCUT2D eigenvalue weighted by molar-refractivity contribution is -0.121. The number of carbonyl (C=O) groups is 1. The predicted molar refractivity (Wildman–Crippen MR) is 79.7 cm³/mol. The summed E-state index contributed by atoms with van der Waals surface area (Å²) in [4.78, 5) is 12.1. The summed E-state index contributed by atoms with van der Waals surface area (Å²) in [5.41, 5.74) is 0.860. The van der Waals surface area contributed by atoms with Gasteiger partial charge in [-0.3, -0.25) is 9.00 Å². The number of hydrogen-bond donors (Lipinski definition) is 0. The van der Waals surface area contributed by atoms with Crippen molar-refractivity contribution >= 4 is 28.2 Å². The van der Waals surface area contributed by atoms with Gasteiger partial charge in [-0.25, -0.2) is 0 Å². The third-order valence-electron chi connectivity index (χ3n) is 3.64. The molecular formula is C15H19ClO2S. The van der Waals surface area contributed by atoms with Crippen molar-refractivity contribution in [3.8, 4) is 0 Å². The molecule has 1 aromatic carbocycles. The molecule has 1 aromatic rings. The quantitative estimate of drug-likeness (QED) is 0.830. The van der Waals surface area contributed by atoms with Crippen molar-refractivity contribution in [2.45, 2.75) is 37.9 Å². The number of ketones is 1. The summed E-state index contributed by atoms with van der Waals surface area (Å²) in [6.45, 7) is 0. The molecule has 1 saturated carbocycles. The maximum Gasteiger partial charge on any atom is 0.148 e. The van der Waals surface area contributed by atoms with Crippen molar-refractivity contribution in [1.29, 1.82) is 0 Å². The van der Waals surface area contributed by atoms with Gasteiger partial charge in [0.25, 0.3) is 0 Å². The Morgan fingerprint density at radius 1 is 1.21 bits per heavy atom. The largest absolute Gasteiger partial charge is 0.298 e. The molecule has 104 valence electrons. The molecule has 2 nitrogen and oxygen atoms in total. The van der Waals surface area contributed by atoms with Gasteiger partial charge >= 0.3 is 0 Å². The van der Waals surface area contributed by atoms with E-state index in [0.717, 1.165) is 31.2 Å². The second-order valence-corrected chi connectivity index (χ2v) is 6.99. The molecule has 0 radical (unpaired) electrons. The van der Waals surface area contributed by atoms with Crippen LogP contribution in [-0.2, 0) is 21.3 Å². The highest BCUT2D eigenvalue weighted by molar-refractivity contribution is 7.84. The van der Waals surface area contributed by atoms with Crippen LogP contribution in [0, 0.1) is 5.92 Å². The van der Waals surface area contributed by atoms with Gasteiger partial charge in [0.15, 0.2) is 0 Å². The van der Waals surface area contributed by atoms with E-state index >= 15 is 0 Å². The number of hydrogen-bond acceptors (Lipinski definition) is 2. The maximum atomic E-state index is 12.1. The van der Waals surface area contributed by atoms with Gasteiger partial charge in [-0.2, -0.15) is 0 Å². The molecule has 0 bridgehead atoms. The fourth-order valence-electron chi connectivity index (χ4n) is 2.54. The fourth-order valence-corrected chi connectivity index (χ4v) is 4.08. The monoisotopic (exact) mass is 298 g/mol. The Balaban J connectivity index is 1.87. The Morgan fingerprint density at radius 2 is 1.89 bits per heavy atom. The molecule has 1 aliphatic carbocycles. The van der Waals surface area contributed by atoms with E-state index in [0.29, 0.717) is 10.8 Å². The minimum atomic E-state index is -1.15. The number of benzene rings is 1. The molecule has 4 heteroatoms. The molecule has 1 fully saturated rings. The minimum Gasteiger partial charge on any atom is -0.298 e. The van der Waals surface area contributed by atoms with Gasteiger partial charge in [-0.15, -0.1) is 0 Å². The lowest BCUT2D eigenvalue weighted by atomic mass is 9.87. The fraction of sp³-hybridized carbons (Fsp3) is 0.533. The van der Waals surface area contributed by atoms with Gasteiger partial charge in [0.2, 0.25) is 0 Å². The SMILES string of the molecule is O=C(CS(=O)Cc1ccccc1Cl)C1CCCCC1. The first kappa shape index (κ1) is 14.7. The van der Waals surface area contributed by atoms with Crippen LogP contribution in [0.1, 0.15) is 37.7 Å². The minimum absolute atomic E-state index is 0.143. The average Bonchev–Trinajstić information content (AvgIpc) is 2.42. The zero-order valence-corrected chi connectivity index (χ0v) is 12.5. The van der Waals surface area contributed by atoms with Crippen LogP contribution in [-0.4, -0.2) is 15.7 Å². The summed E-state index contributed by atoms with van der Waals surface area (Å²) in [6, 6.07) is 7.38. The van der Waals surface area contributed by atoms with Crippen LogP contribution in [0.3, 0.4) is 0 Å². The van der Waals surface area contributed by atoms with Crippen molar-refractivity contribution in [2.75, 3.05) is 5.75 Å². The normalized spacial score (nSPS) is 18.2. The van der Waals surface area contributed by atoms with E-state index in [9.17, 15) is 9.00 Å². The lowest BCUT2D eigenvalue weighted by Gasteiger charge is -2.19. The van der Waals surface area contributed by atoms with Crippen molar-refractivity contribution in [3.63, 3.8) is 0 Å². The molecule has 19 heavy (non-hydrogen) atoms. The van der Waals surface area contributed by atoms with Gasteiger partial charge in [0.1, 0.15) is 5.78 Å².